The van der Waals surface area contributed by atoms with Crippen LogP contribution in [-0.2, 0) is 13.1 Å². The minimum atomic E-state index is 0.736. The Morgan fingerprint density at radius 1 is 1.11 bits per heavy atom. The van der Waals surface area contributed by atoms with Gasteiger partial charge in [-0.2, -0.15) is 0 Å². The Labute approximate surface area is 165 Å². The summed E-state index contributed by atoms with van der Waals surface area (Å²) in [5.41, 5.74) is 4.45. The molecule has 1 fully saturated rings. The third-order valence-corrected chi connectivity index (χ3v) is 5.57. The molecule has 5 heteroatoms. The SMILES string of the molecule is Clc1ccc(NCc2cncn2CC2CCNCC2)cc1-c1ccccc1. The molecule has 1 saturated heterocycles. The number of nitrogens with one attached hydrogen (secondary N) is 2. The van der Waals surface area contributed by atoms with Crippen molar-refractivity contribution in [2.75, 3.05) is 18.4 Å². The molecule has 140 valence electrons. The molecule has 0 spiro atoms. The van der Waals surface area contributed by atoms with Crippen LogP contribution in [0, 0.1) is 5.92 Å². The zero-order valence-electron chi connectivity index (χ0n) is 15.4. The molecule has 3 aromatic rings. The maximum absolute atomic E-state index is 6.42. The summed E-state index contributed by atoms with van der Waals surface area (Å²) in [7, 11) is 0. The van der Waals surface area contributed by atoms with Crippen LogP contribution in [0.4, 0.5) is 5.69 Å². The van der Waals surface area contributed by atoms with Crippen LogP contribution in [-0.4, -0.2) is 22.6 Å². The van der Waals surface area contributed by atoms with Gasteiger partial charge >= 0.3 is 0 Å². The first-order chi connectivity index (χ1) is 13.3. The highest BCUT2D eigenvalue weighted by Crippen LogP contribution is 2.30. The fourth-order valence-electron chi connectivity index (χ4n) is 3.67. The summed E-state index contributed by atoms with van der Waals surface area (Å²) in [6.07, 6.45) is 6.39. The number of benzene rings is 2. The van der Waals surface area contributed by atoms with Gasteiger partial charge in [0.15, 0.2) is 0 Å². The Hall–Kier alpha value is -2.30. The molecular weight excluding hydrogens is 356 g/mol. The normalized spacial score (nSPS) is 15.0. The average molecular weight is 381 g/mol. The van der Waals surface area contributed by atoms with E-state index in [1.54, 1.807) is 0 Å². The molecular formula is C22H25ClN4. The summed E-state index contributed by atoms with van der Waals surface area (Å²) < 4.78 is 2.29. The number of aromatic nitrogens is 2. The van der Waals surface area contributed by atoms with E-state index in [-0.39, 0.29) is 0 Å². The van der Waals surface area contributed by atoms with Gasteiger partial charge < -0.3 is 15.2 Å². The third kappa shape index (κ3) is 4.52. The molecule has 0 amide bonds. The number of imidazole rings is 1. The lowest BCUT2D eigenvalue weighted by molar-refractivity contribution is 0.330. The van der Waals surface area contributed by atoms with E-state index in [0.717, 1.165) is 53.9 Å². The minimum absolute atomic E-state index is 0.736. The summed E-state index contributed by atoms with van der Waals surface area (Å²) in [4.78, 5) is 4.37. The molecule has 0 aliphatic carbocycles. The quantitative estimate of drug-likeness (QED) is 0.644. The fourth-order valence-corrected chi connectivity index (χ4v) is 3.90. The van der Waals surface area contributed by atoms with Crippen molar-refractivity contribution in [3.63, 3.8) is 0 Å². The third-order valence-electron chi connectivity index (χ3n) is 5.24. The van der Waals surface area contributed by atoms with Gasteiger partial charge in [0, 0.05) is 29.0 Å². The average Bonchev–Trinajstić information content (AvgIpc) is 3.16. The van der Waals surface area contributed by atoms with Crippen LogP contribution in [0.5, 0.6) is 0 Å². The molecule has 0 radical (unpaired) electrons. The molecule has 0 unspecified atom stereocenters. The second-order valence-corrected chi connectivity index (χ2v) is 7.55. The van der Waals surface area contributed by atoms with Crippen molar-refractivity contribution in [3.05, 3.63) is 71.8 Å². The molecule has 1 aliphatic heterocycles. The number of piperidine rings is 1. The Morgan fingerprint density at radius 2 is 1.93 bits per heavy atom. The Kier molecular flexibility index (Phi) is 5.75. The molecule has 2 N–H and O–H groups in total. The first-order valence-corrected chi connectivity index (χ1v) is 9.96. The monoisotopic (exact) mass is 380 g/mol. The molecule has 0 saturated carbocycles. The summed E-state index contributed by atoms with van der Waals surface area (Å²) in [6.45, 7) is 4.05. The largest absolute Gasteiger partial charge is 0.379 e. The maximum atomic E-state index is 6.42. The van der Waals surface area contributed by atoms with Crippen LogP contribution in [0.1, 0.15) is 18.5 Å². The van der Waals surface area contributed by atoms with E-state index in [4.69, 9.17) is 11.6 Å². The highest BCUT2D eigenvalue weighted by atomic mass is 35.5. The van der Waals surface area contributed by atoms with Gasteiger partial charge in [0.2, 0.25) is 0 Å². The van der Waals surface area contributed by atoms with Crippen LogP contribution in [0.2, 0.25) is 5.02 Å². The number of halogens is 1. The smallest absolute Gasteiger partial charge is 0.0948 e. The van der Waals surface area contributed by atoms with Crippen LogP contribution in [0.15, 0.2) is 61.1 Å². The second-order valence-electron chi connectivity index (χ2n) is 7.14. The van der Waals surface area contributed by atoms with Crippen molar-refractivity contribution in [1.29, 1.82) is 0 Å². The summed E-state index contributed by atoms with van der Waals surface area (Å²) in [5.74, 6) is 0.736. The Morgan fingerprint density at radius 3 is 2.74 bits per heavy atom. The van der Waals surface area contributed by atoms with E-state index in [1.165, 1.54) is 18.5 Å². The number of rotatable bonds is 6. The second kappa shape index (κ2) is 8.59. The van der Waals surface area contributed by atoms with Crippen molar-refractivity contribution in [3.8, 4) is 11.1 Å². The lowest BCUT2D eigenvalue weighted by Gasteiger charge is -2.23. The molecule has 1 aromatic heterocycles. The minimum Gasteiger partial charge on any atom is -0.379 e. The number of nitrogens with zero attached hydrogens (tertiary/aromatic N) is 2. The van der Waals surface area contributed by atoms with Gasteiger partial charge in [-0.25, -0.2) is 4.98 Å². The standard InChI is InChI=1S/C22H25ClN4/c23-22-7-6-19(12-21(22)18-4-2-1-3-5-18)26-14-20-13-25-16-27(20)15-17-8-10-24-11-9-17/h1-7,12-13,16-17,24,26H,8-11,14-15H2. The van der Waals surface area contributed by atoms with E-state index in [0.29, 0.717) is 0 Å². The molecule has 0 atom stereocenters. The van der Waals surface area contributed by atoms with Gasteiger partial charge in [-0.3, -0.25) is 0 Å². The van der Waals surface area contributed by atoms with Crippen molar-refractivity contribution in [1.82, 2.24) is 14.9 Å². The number of hydrogen-bond acceptors (Lipinski definition) is 3. The Balaban J connectivity index is 1.44. The van der Waals surface area contributed by atoms with Gasteiger partial charge in [-0.05, 0) is 55.6 Å². The van der Waals surface area contributed by atoms with Gasteiger partial charge in [0.05, 0.1) is 18.6 Å². The van der Waals surface area contributed by atoms with Gasteiger partial charge in [-0.1, -0.05) is 41.9 Å². The van der Waals surface area contributed by atoms with Gasteiger partial charge in [0.1, 0.15) is 0 Å². The zero-order valence-corrected chi connectivity index (χ0v) is 16.1. The molecule has 0 bridgehead atoms. The van der Waals surface area contributed by atoms with Gasteiger partial charge in [-0.15, -0.1) is 0 Å². The van der Waals surface area contributed by atoms with Crippen LogP contribution in [0.25, 0.3) is 11.1 Å². The van der Waals surface area contributed by atoms with Crippen molar-refractivity contribution in [2.24, 2.45) is 5.92 Å². The topological polar surface area (TPSA) is 41.9 Å². The highest BCUT2D eigenvalue weighted by Gasteiger charge is 2.15. The van der Waals surface area contributed by atoms with Crippen molar-refractivity contribution < 1.29 is 0 Å². The highest BCUT2D eigenvalue weighted by molar-refractivity contribution is 6.33. The van der Waals surface area contributed by atoms with Crippen LogP contribution in [0.3, 0.4) is 0 Å². The molecule has 1 aliphatic rings. The lowest BCUT2D eigenvalue weighted by Crippen LogP contribution is -2.30. The first-order valence-electron chi connectivity index (χ1n) is 9.58. The zero-order chi connectivity index (χ0) is 18.5. The van der Waals surface area contributed by atoms with Crippen molar-refractivity contribution >= 4 is 17.3 Å². The number of anilines is 1. The van der Waals surface area contributed by atoms with E-state index < -0.39 is 0 Å². The molecule has 4 rings (SSSR count). The van der Waals surface area contributed by atoms with E-state index in [2.05, 4.69) is 38.4 Å². The van der Waals surface area contributed by atoms with Gasteiger partial charge in [0.25, 0.3) is 0 Å². The van der Waals surface area contributed by atoms with Crippen molar-refractivity contribution in [2.45, 2.75) is 25.9 Å². The van der Waals surface area contributed by atoms with Crippen LogP contribution >= 0.6 is 11.6 Å². The number of hydrogen-bond donors (Lipinski definition) is 2. The maximum Gasteiger partial charge on any atom is 0.0948 e. The van der Waals surface area contributed by atoms with E-state index in [9.17, 15) is 0 Å². The van der Waals surface area contributed by atoms with E-state index in [1.807, 2.05) is 42.9 Å². The summed E-state index contributed by atoms with van der Waals surface area (Å²) >= 11 is 6.42. The first kappa shape index (κ1) is 18.1. The summed E-state index contributed by atoms with van der Waals surface area (Å²) in [6, 6.07) is 16.4. The fraction of sp³-hybridized carbons (Fsp3) is 0.318. The van der Waals surface area contributed by atoms with Crippen LogP contribution < -0.4 is 10.6 Å². The molecule has 2 heterocycles. The van der Waals surface area contributed by atoms with E-state index >= 15 is 0 Å². The molecule has 27 heavy (non-hydrogen) atoms. The molecule has 4 nitrogen and oxygen atoms in total. The lowest BCUT2D eigenvalue weighted by atomic mass is 9.98. The predicted octanol–water partition coefficient (Wildman–Crippen LogP) is 4.82. The predicted molar refractivity (Wildman–Crippen MR) is 112 cm³/mol. The molecule has 2 aromatic carbocycles. The summed E-state index contributed by atoms with van der Waals surface area (Å²) in [5, 5.41) is 7.73. The Bertz CT molecular complexity index is 869.